The number of nitrogens with one attached hydrogen (secondary N) is 2. The van der Waals surface area contributed by atoms with Crippen molar-refractivity contribution in [3.63, 3.8) is 0 Å². The second kappa shape index (κ2) is 5.30. The lowest BCUT2D eigenvalue weighted by atomic mass is 9.96. The summed E-state index contributed by atoms with van der Waals surface area (Å²) in [5.41, 5.74) is 1.15. The van der Waals surface area contributed by atoms with Crippen LogP contribution in [0.15, 0.2) is 16.9 Å². The molecule has 0 aliphatic carbocycles. The van der Waals surface area contributed by atoms with Crippen LogP contribution in [-0.2, 0) is 0 Å². The van der Waals surface area contributed by atoms with E-state index < -0.39 is 0 Å². The molecule has 0 aliphatic heterocycles. The van der Waals surface area contributed by atoms with Crippen LogP contribution in [0.5, 0.6) is 0 Å². The van der Waals surface area contributed by atoms with E-state index in [1.165, 1.54) is 4.52 Å². The van der Waals surface area contributed by atoms with Gasteiger partial charge in [0.2, 0.25) is 0 Å². The van der Waals surface area contributed by atoms with Crippen molar-refractivity contribution in [3.8, 4) is 0 Å². The minimum absolute atomic E-state index is 0.251. The highest BCUT2D eigenvalue weighted by Crippen LogP contribution is 2.18. The van der Waals surface area contributed by atoms with Gasteiger partial charge < -0.3 is 5.32 Å². The zero-order valence-electron chi connectivity index (χ0n) is 11.0. The van der Waals surface area contributed by atoms with E-state index in [0.29, 0.717) is 11.7 Å². The highest BCUT2D eigenvalue weighted by atomic mass is 16.2. The number of aromatic amines is 1. The van der Waals surface area contributed by atoms with Gasteiger partial charge in [-0.15, -0.1) is 0 Å². The zero-order chi connectivity index (χ0) is 13.1. The fourth-order valence-corrected chi connectivity index (χ4v) is 2.20. The lowest BCUT2D eigenvalue weighted by Crippen LogP contribution is -2.33. The average Bonchev–Trinajstić information content (AvgIpc) is 2.76. The number of hydrogen-bond donors (Lipinski definition) is 2. The Bertz CT molecular complexity index is 573. The second-order valence-electron chi connectivity index (χ2n) is 4.42. The van der Waals surface area contributed by atoms with Crippen LogP contribution in [0.1, 0.15) is 38.8 Å². The van der Waals surface area contributed by atoms with E-state index >= 15 is 0 Å². The number of hydrogen-bond acceptors (Lipinski definition) is 4. The molecule has 2 N–H and O–H groups in total. The number of nitrogens with zero attached hydrogens (tertiary/aromatic N) is 3. The molecule has 0 aromatic carbocycles. The topological polar surface area (TPSA) is 75.1 Å². The van der Waals surface area contributed by atoms with Crippen LogP contribution < -0.4 is 11.0 Å². The molecule has 0 aliphatic rings. The van der Waals surface area contributed by atoms with Crippen molar-refractivity contribution in [1.29, 1.82) is 0 Å². The maximum absolute atomic E-state index is 11.5. The fourth-order valence-electron chi connectivity index (χ4n) is 2.20. The summed E-state index contributed by atoms with van der Waals surface area (Å²) in [5.74, 6) is 0.251. The molecule has 6 heteroatoms. The summed E-state index contributed by atoms with van der Waals surface area (Å²) in [6.45, 7) is 7.28. The standard InChI is InChI=1S/C12H19N5O/c1-4-9(13-5-2)8(3)10-6-7-11-14-15-12(18)17(11)16-10/h6-9,13H,4-5H2,1-3H3,(H,15,18). The number of H-pyrrole nitrogens is 1. The van der Waals surface area contributed by atoms with Crippen molar-refractivity contribution in [1.82, 2.24) is 25.1 Å². The van der Waals surface area contributed by atoms with Crippen molar-refractivity contribution < 1.29 is 0 Å². The fraction of sp³-hybridized carbons (Fsp3) is 0.583. The summed E-state index contributed by atoms with van der Waals surface area (Å²) >= 11 is 0. The van der Waals surface area contributed by atoms with Crippen LogP contribution >= 0.6 is 0 Å². The quantitative estimate of drug-likeness (QED) is 0.826. The Morgan fingerprint density at radius 1 is 1.44 bits per heavy atom. The Morgan fingerprint density at radius 3 is 2.89 bits per heavy atom. The van der Waals surface area contributed by atoms with Gasteiger partial charge in [0.05, 0.1) is 5.69 Å². The number of likely N-dealkylation sites (N-methyl/N-ethyl adjacent to an activating group) is 1. The number of aromatic nitrogens is 4. The normalized spacial score (nSPS) is 14.8. The summed E-state index contributed by atoms with van der Waals surface area (Å²) in [7, 11) is 0. The van der Waals surface area contributed by atoms with Gasteiger partial charge in [-0.05, 0) is 25.1 Å². The van der Waals surface area contributed by atoms with Crippen molar-refractivity contribution in [3.05, 3.63) is 28.3 Å². The summed E-state index contributed by atoms with van der Waals surface area (Å²) in [5, 5.41) is 14.1. The summed E-state index contributed by atoms with van der Waals surface area (Å²) in [6.07, 6.45) is 1.02. The molecule has 6 nitrogen and oxygen atoms in total. The lowest BCUT2D eigenvalue weighted by Gasteiger charge is -2.22. The number of rotatable bonds is 5. The predicted molar refractivity (Wildman–Crippen MR) is 69.8 cm³/mol. The molecule has 2 rings (SSSR count). The third-order valence-corrected chi connectivity index (χ3v) is 3.27. The molecular weight excluding hydrogens is 230 g/mol. The van der Waals surface area contributed by atoms with E-state index in [-0.39, 0.29) is 11.6 Å². The minimum Gasteiger partial charge on any atom is -0.314 e. The largest absolute Gasteiger partial charge is 0.364 e. The first-order valence-corrected chi connectivity index (χ1v) is 6.35. The Kier molecular flexibility index (Phi) is 3.76. The Morgan fingerprint density at radius 2 is 2.22 bits per heavy atom. The van der Waals surface area contributed by atoms with Crippen LogP contribution in [-0.4, -0.2) is 32.4 Å². The van der Waals surface area contributed by atoms with Gasteiger partial charge in [0.15, 0.2) is 5.65 Å². The van der Waals surface area contributed by atoms with Crippen LogP contribution in [0.25, 0.3) is 5.65 Å². The SMILES string of the molecule is CCNC(CC)C(C)c1ccc2n[nH]c(=O)n2n1. The van der Waals surface area contributed by atoms with Gasteiger partial charge in [0.1, 0.15) is 0 Å². The van der Waals surface area contributed by atoms with Crippen molar-refractivity contribution >= 4 is 5.65 Å². The summed E-state index contributed by atoms with van der Waals surface area (Å²) in [6, 6.07) is 4.11. The molecular formula is C12H19N5O. The van der Waals surface area contributed by atoms with Crippen LogP contribution in [0, 0.1) is 0 Å². The maximum Gasteiger partial charge on any atom is 0.364 e. The van der Waals surface area contributed by atoms with E-state index in [2.05, 4.69) is 41.4 Å². The Labute approximate surface area is 105 Å². The average molecular weight is 249 g/mol. The monoisotopic (exact) mass is 249 g/mol. The highest BCUT2D eigenvalue weighted by Gasteiger charge is 2.18. The first-order valence-electron chi connectivity index (χ1n) is 6.35. The van der Waals surface area contributed by atoms with E-state index in [1.807, 2.05) is 12.1 Å². The zero-order valence-corrected chi connectivity index (χ0v) is 11.0. The van der Waals surface area contributed by atoms with Crippen molar-refractivity contribution in [2.75, 3.05) is 6.54 Å². The Balaban J connectivity index is 2.34. The first-order chi connectivity index (χ1) is 8.67. The molecule has 2 unspecified atom stereocenters. The smallest absolute Gasteiger partial charge is 0.314 e. The third-order valence-electron chi connectivity index (χ3n) is 3.27. The molecule has 18 heavy (non-hydrogen) atoms. The Hall–Kier alpha value is -1.69. The molecule has 2 aromatic rings. The molecule has 2 aromatic heterocycles. The van der Waals surface area contributed by atoms with Gasteiger partial charge in [-0.25, -0.2) is 9.89 Å². The van der Waals surface area contributed by atoms with Gasteiger partial charge in [-0.1, -0.05) is 20.8 Å². The van der Waals surface area contributed by atoms with Gasteiger partial charge >= 0.3 is 5.69 Å². The molecule has 98 valence electrons. The highest BCUT2D eigenvalue weighted by molar-refractivity contribution is 5.35. The third kappa shape index (κ3) is 2.28. The van der Waals surface area contributed by atoms with Crippen molar-refractivity contribution in [2.45, 2.75) is 39.2 Å². The van der Waals surface area contributed by atoms with Gasteiger partial charge in [0.25, 0.3) is 0 Å². The van der Waals surface area contributed by atoms with Gasteiger partial charge in [-0.2, -0.15) is 14.7 Å². The molecule has 0 amide bonds. The second-order valence-corrected chi connectivity index (χ2v) is 4.42. The van der Waals surface area contributed by atoms with E-state index in [0.717, 1.165) is 18.7 Å². The molecule has 0 spiro atoms. The predicted octanol–water partition coefficient (Wildman–Crippen LogP) is 0.909. The van der Waals surface area contributed by atoms with E-state index in [9.17, 15) is 4.79 Å². The number of fused-ring (bicyclic) bond motifs is 1. The molecule has 0 saturated carbocycles. The molecule has 2 heterocycles. The van der Waals surface area contributed by atoms with Crippen molar-refractivity contribution in [2.24, 2.45) is 0 Å². The molecule has 2 atom stereocenters. The molecule has 0 saturated heterocycles. The minimum atomic E-state index is -0.296. The van der Waals surface area contributed by atoms with Crippen LogP contribution in [0.2, 0.25) is 0 Å². The molecule has 0 bridgehead atoms. The summed E-state index contributed by atoms with van der Waals surface area (Å²) < 4.78 is 1.31. The van der Waals surface area contributed by atoms with E-state index in [1.54, 1.807) is 0 Å². The first kappa shape index (κ1) is 12.8. The van der Waals surface area contributed by atoms with Crippen LogP contribution in [0.3, 0.4) is 0 Å². The summed E-state index contributed by atoms with van der Waals surface area (Å²) in [4.78, 5) is 11.5. The van der Waals surface area contributed by atoms with E-state index in [4.69, 9.17) is 0 Å². The van der Waals surface area contributed by atoms with Gasteiger partial charge in [-0.3, -0.25) is 0 Å². The maximum atomic E-state index is 11.5. The molecule has 0 fully saturated rings. The lowest BCUT2D eigenvalue weighted by molar-refractivity contribution is 0.439. The van der Waals surface area contributed by atoms with Gasteiger partial charge in [0, 0.05) is 12.0 Å². The van der Waals surface area contributed by atoms with Crippen LogP contribution in [0.4, 0.5) is 0 Å². The molecule has 0 radical (unpaired) electrons.